The Morgan fingerprint density at radius 2 is 1.74 bits per heavy atom. The molecule has 2 aromatic carbocycles. The molecular weight excluding hydrogens is 455 g/mol. The first-order valence-corrected chi connectivity index (χ1v) is 12.0. The Balaban J connectivity index is 1.37. The number of rotatable bonds is 5. The number of piperazine rings is 1. The molecule has 0 radical (unpaired) electrons. The van der Waals surface area contributed by atoms with Gasteiger partial charge in [0.15, 0.2) is 5.76 Å². The molecule has 0 spiro atoms. The molecule has 1 fully saturated rings. The quantitative estimate of drug-likeness (QED) is 0.509. The van der Waals surface area contributed by atoms with Crippen LogP contribution in [0.2, 0.25) is 10.0 Å². The lowest BCUT2D eigenvalue weighted by molar-refractivity contribution is 0.0713. The third-order valence-corrected chi connectivity index (χ3v) is 7.08. The molecule has 0 bridgehead atoms. The summed E-state index contributed by atoms with van der Waals surface area (Å²) in [6, 6.07) is 16.2. The number of anilines is 1. The van der Waals surface area contributed by atoms with Gasteiger partial charge in [0.1, 0.15) is 5.76 Å². The standard InChI is InChI=1S/C23H22Cl2N2O3S/c1-16-5-6-18(25)14-21(16)26-9-11-27(12-10-26)23(28)22-8-7-19(30-22)15-31(29)20-4-2-3-17(24)13-20/h2-8,13-14H,9-12,15H2,1H3. The predicted octanol–water partition coefficient (Wildman–Crippen LogP) is 5.17. The van der Waals surface area contributed by atoms with Gasteiger partial charge in [-0.25, -0.2) is 0 Å². The Morgan fingerprint density at radius 3 is 2.48 bits per heavy atom. The highest BCUT2D eigenvalue weighted by molar-refractivity contribution is 7.84. The first-order chi connectivity index (χ1) is 14.9. The van der Waals surface area contributed by atoms with Crippen LogP contribution in [0.25, 0.3) is 0 Å². The largest absolute Gasteiger partial charge is 0.455 e. The van der Waals surface area contributed by atoms with E-state index in [0.29, 0.717) is 33.8 Å². The van der Waals surface area contributed by atoms with Gasteiger partial charge in [0, 0.05) is 46.8 Å². The molecule has 4 rings (SSSR count). The van der Waals surface area contributed by atoms with Gasteiger partial charge in [-0.05, 0) is 55.0 Å². The van der Waals surface area contributed by atoms with E-state index in [2.05, 4.69) is 11.8 Å². The molecule has 2 heterocycles. The van der Waals surface area contributed by atoms with Crippen LogP contribution in [-0.4, -0.2) is 41.2 Å². The first kappa shape index (κ1) is 21.9. The number of nitrogens with zero attached hydrogens (tertiary/aromatic N) is 2. The van der Waals surface area contributed by atoms with E-state index in [-0.39, 0.29) is 17.4 Å². The molecule has 1 aliphatic heterocycles. The van der Waals surface area contributed by atoms with Crippen LogP contribution in [0.5, 0.6) is 0 Å². The van der Waals surface area contributed by atoms with Crippen LogP contribution in [0, 0.1) is 6.92 Å². The van der Waals surface area contributed by atoms with Crippen molar-refractivity contribution in [1.29, 1.82) is 0 Å². The summed E-state index contributed by atoms with van der Waals surface area (Å²) in [5.74, 6) is 0.817. The number of carbonyl (C=O) groups excluding carboxylic acids is 1. The fourth-order valence-corrected chi connectivity index (χ4v) is 5.11. The summed E-state index contributed by atoms with van der Waals surface area (Å²) >= 11 is 12.1. The number of benzene rings is 2. The van der Waals surface area contributed by atoms with Crippen LogP contribution < -0.4 is 4.90 Å². The summed E-state index contributed by atoms with van der Waals surface area (Å²) in [4.78, 5) is 17.5. The third-order valence-electron chi connectivity index (χ3n) is 5.28. The number of amides is 1. The summed E-state index contributed by atoms with van der Waals surface area (Å²) in [5.41, 5.74) is 2.26. The van der Waals surface area contributed by atoms with Crippen molar-refractivity contribution in [3.63, 3.8) is 0 Å². The highest BCUT2D eigenvalue weighted by Gasteiger charge is 2.25. The fourth-order valence-electron chi connectivity index (χ4n) is 3.62. The van der Waals surface area contributed by atoms with Crippen LogP contribution in [0.15, 0.2) is 63.9 Å². The van der Waals surface area contributed by atoms with Gasteiger partial charge in [-0.2, -0.15) is 0 Å². The zero-order valence-corrected chi connectivity index (χ0v) is 19.3. The maximum Gasteiger partial charge on any atom is 0.289 e. The predicted molar refractivity (Wildman–Crippen MR) is 125 cm³/mol. The lowest BCUT2D eigenvalue weighted by Gasteiger charge is -2.36. The molecular formula is C23H22Cl2N2O3S. The van der Waals surface area contributed by atoms with E-state index in [1.165, 1.54) is 0 Å². The number of hydrogen-bond donors (Lipinski definition) is 0. The average molecular weight is 477 g/mol. The second kappa shape index (κ2) is 9.47. The van der Waals surface area contributed by atoms with E-state index < -0.39 is 10.8 Å². The monoisotopic (exact) mass is 476 g/mol. The van der Waals surface area contributed by atoms with E-state index in [1.807, 2.05) is 18.2 Å². The molecule has 1 aromatic heterocycles. The third kappa shape index (κ3) is 5.14. The molecule has 0 aliphatic carbocycles. The molecule has 1 unspecified atom stereocenters. The summed E-state index contributed by atoms with van der Waals surface area (Å²) in [7, 11) is -1.30. The van der Waals surface area contributed by atoms with E-state index in [9.17, 15) is 9.00 Å². The van der Waals surface area contributed by atoms with Gasteiger partial charge in [0.2, 0.25) is 0 Å². The first-order valence-electron chi connectivity index (χ1n) is 9.94. The van der Waals surface area contributed by atoms with E-state index in [1.54, 1.807) is 41.3 Å². The maximum absolute atomic E-state index is 12.9. The zero-order chi connectivity index (χ0) is 22.0. The van der Waals surface area contributed by atoms with E-state index in [4.69, 9.17) is 27.6 Å². The normalized spacial score (nSPS) is 15.2. The van der Waals surface area contributed by atoms with Crippen LogP contribution in [-0.2, 0) is 16.6 Å². The van der Waals surface area contributed by atoms with Crippen molar-refractivity contribution in [2.45, 2.75) is 17.6 Å². The van der Waals surface area contributed by atoms with Crippen molar-refractivity contribution in [1.82, 2.24) is 4.90 Å². The lowest BCUT2D eigenvalue weighted by Crippen LogP contribution is -2.48. The van der Waals surface area contributed by atoms with Crippen LogP contribution in [0.1, 0.15) is 21.9 Å². The van der Waals surface area contributed by atoms with Gasteiger partial charge >= 0.3 is 0 Å². The van der Waals surface area contributed by atoms with Crippen molar-refractivity contribution in [3.05, 3.63) is 81.7 Å². The van der Waals surface area contributed by atoms with Crippen molar-refractivity contribution in [2.75, 3.05) is 31.1 Å². The number of furan rings is 1. The van der Waals surface area contributed by atoms with Gasteiger partial charge in [-0.15, -0.1) is 0 Å². The maximum atomic E-state index is 12.9. The fraction of sp³-hybridized carbons (Fsp3) is 0.261. The lowest BCUT2D eigenvalue weighted by atomic mass is 10.1. The van der Waals surface area contributed by atoms with Crippen molar-refractivity contribution in [3.8, 4) is 0 Å². The molecule has 1 amide bonds. The van der Waals surface area contributed by atoms with Crippen molar-refractivity contribution in [2.24, 2.45) is 0 Å². The Hall–Kier alpha value is -2.28. The average Bonchev–Trinajstić information content (AvgIpc) is 3.23. The molecule has 1 atom stereocenters. The second-order valence-corrected chi connectivity index (χ2v) is 9.75. The van der Waals surface area contributed by atoms with Gasteiger partial charge in [0.05, 0.1) is 16.6 Å². The molecule has 0 saturated carbocycles. The van der Waals surface area contributed by atoms with Gasteiger partial charge in [-0.3, -0.25) is 9.00 Å². The molecule has 1 aliphatic rings. The smallest absolute Gasteiger partial charge is 0.289 e. The number of halogens is 2. The highest BCUT2D eigenvalue weighted by Crippen LogP contribution is 2.26. The zero-order valence-electron chi connectivity index (χ0n) is 17.0. The van der Waals surface area contributed by atoms with Crippen LogP contribution >= 0.6 is 23.2 Å². The molecule has 162 valence electrons. The second-order valence-electron chi connectivity index (χ2n) is 7.42. The Bertz CT molecular complexity index is 1120. The van der Waals surface area contributed by atoms with Gasteiger partial charge in [0.25, 0.3) is 5.91 Å². The molecule has 8 heteroatoms. The summed E-state index contributed by atoms with van der Waals surface area (Å²) in [6.45, 7) is 4.68. The summed E-state index contributed by atoms with van der Waals surface area (Å²) < 4.78 is 18.3. The molecule has 5 nitrogen and oxygen atoms in total. The summed E-state index contributed by atoms with van der Waals surface area (Å²) in [6.07, 6.45) is 0. The van der Waals surface area contributed by atoms with Gasteiger partial charge in [-0.1, -0.05) is 35.3 Å². The van der Waals surface area contributed by atoms with Crippen LogP contribution in [0.4, 0.5) is 5.69 Å². The number of hydrogen-bond acceptors (Lipinski definition) is 4. The van der Waals surface area contributed by atoms with Crippen molar-refractivity contribution >= 4 is 45.6 Å². The number of carbonyl (C=O) groups is 1. The molecule has 3 aromatic rings. The minimum atomic E-state index is -1.30. The number of aryl methyl sites for hydroxylation is 1. The van der Waals surface area contributed by atoms with E-state index in [0.717, 1.165) is 24.3 Å². The Morgan fingerprint density at radius 1 is 1.00 bits per heavy atom. The highest BCUT2D eigenvalue weighted by atomic mass is 35.5. The Labute approximate surface area is 194 Å². The minimum absolute atomic E-state index is 0.151. The van der Waals surface area contributed by atoms with Crippen LogP contribution in [0.3, 0.4) is 0 Å². The van der Waals surface area contributed by atoms with Gasteiger partial charge < -0.3 is 14.2 Å². The molecule has 1 saturated heterocycles. The van der Waals surface area contributed by atoms with E-state index >= 15 is 0 Å². The molecule has 0 N–H and O–H groups in total. The summed E-state index contributed by atoms with van der Waals surface area (Å²) in [5, 5.41) is 1.24. The minimum Gasteiger partial charge on any atom is -0.455 e. The Kier molecular flexibility index (Phi) is 6.70. The molecule has 31 heavy (non-hydrogen) atoms. The van der Waals surface area contributed by atoms with Crippen molar-refractivity contribution < 1.29 is 13.4 Å². The SMILES string of the molecule is Cc1ccc(Cl)cc1N1CCN(C(=O)c2ccc(CS(=O)c3cccc(Cl)c3)o2)CC1. The topological polar surface area (TPSA) is 53.8 Å².